The van der Waals surface area contributed by atoms with Gasteiger partial charge in [0.15, 0.2) is 0 Å². The number of hydrogen-bond acceptors (Lipinski definition) is 4. The molecule has 3 aromatic carbocycles. The summed E-state index contributed by atoms with van der Waals surface area (Å²) in [5, 5.41) is 1.66. The number of ether oxygens (including phenoxy) is 2. The van der Waals surface area contributed by atoms with E-state index in [0.29, 0.717) is 21.6 Å². The van der Waals surface area contributed by atoms with Crippen molar-refractivity contribution in [2.75, 3.05) is 7.11 Å². The summed E-state index contributed by atoms with van der Waals surface area (Å²) >= 11 is 5.70. The fourth-order valence-corrected chi connectivity index (χ4v) is 3.05. The molecule has 4 heteroatoms. The van der Waals surface area contributed by atoms with E-state index in [-0.39, 0.29) is 0 Å². The smallest absolute Gasteiger partial charge is 0.143 e. The first-order chi connectivity index (χ1) is 11.8. The van der Waals surface area contributed by atoms with Crippen molar-refractivity contribution in [2.24, 2.45) is 0 Å². The van der Waals surface area contributed by atoms with E-state index in [1.807, 2.05) is 66.7 Å². The predicted molar refractivity (Wildman–Crippen MR) is 97.6 cm³/mol. The minimum atomic E-state index is 0.620. The second kappa shape index (κ2) is 5.98. The molecule has 3 nitrogen and oxygen atoms in total. The molecule has 24 heavy (non-hydrogen) atoms. The molecule has 0 N–H and O–H groups in total. The van der Waals surface area contributed by atoms with Crippen molar-refractivity contribution in [1.82, 2.24) is 0 Å². The van der Waals surface area contributed by atoms with E-state index < -0.39 is 0 Å². The Morgan fingerprint density at radius 1 is 0.833 bits per heavy atom. The van der Waals surface area contributed by atoms with Gasteiger partial charge in [0, 0.05) is 17.5 Å². The molecule has 0 fully saturated rings. The zero-order valence-electron chi connectivity index (χ0n) is 13.0. The Balaban J connectivity index is 2.03. The van der Waals surface area contributed by atoms with E-state index in [4.69, 9.17) is 26.1 Å². The summed E-state index contributed by atoms with van der Waals surface area (Å²) < 4.78 is 18.2. The molecule has 1 heterocycles. The molecule has 0 aliphatic carbocycles. The third-order valence-corrected chi connectivity index (χ3v) is 4.25. The monoisotopic (exact) mass is 334 g/mol. The van der Waals surface area contributed by atoms with Gasteiger partial charge in [0.25, 0.3) is 0 Å². The van der Waals surface area contributed by atoms with Gasteiger partial charge in [-0.25, -0.2) is 0 Å². The summed E-state index contributed by atoms with van der Waals surface area (Å²) in [6.45, 7) is 0. The zero-order valence-corrected chi connectivity index (χ0v) is 13.8. The summed E-state index contributed by atoms with van der Waals surface area (Å²) in [6.07, 6.45) is 0. The van der Waals surface area contributed by atoms with E-state index in [0.717, 1.165) is 22.1 Å². The van der Waals surface area contributed by atoms with Crippen molar-refractivity contribution in [1.29, 1.82) is 0 Å². The Bertz CT molecular complexity index is 1080. The number of benzene rings is 3. The average molecular weight is 334 g/mol. The van der Waals surface area contributed by atoms with Gasteiger partial charge in [0.2, 0.25) is 0 Å². The molecular weight excluding hydrogens is 320 g/mol. The molecular formula is C20H14O3S. The molecule has 1 aromatic heterocycles. The molecule has 0 bridgehead atoms. The van der Waals surface area contributed by atoms with Crippen LogP contribution >= 0.6 is 12.2 Å². The molecule has 0 aliphatic rings. The molecule has 0 unspecified atom stereocenters. The van der Waals surface area contributed by atoms with Crippen molar-refractivity contribution in [3.63, 3.8) is 0 Å². The minimum Gasteiger partial charge on any atom is -0.496 e. The lowest BCUT2D eigenvalue weighted by atomic mass is 10.1. The second-order valence-corrected chi connectivity index (χ2v) is 5.75. The first-order valence-corrected chi connectivity index (χ1v) is 7.93. The summed E-state index contributed by atoms with van der Waals surface area (Å²) in [7, 11) is 1.61. The van der Waals surface area contributed by atoms with Crippen LogP contribution < -0.4 is 9.47 Å². The number of hydrogen-bond donors (Lipinski definition) is 0. The Kier molecular flexibility index (Phi) is 3.67. The molecule has 0 atom stereocenters. The summed E-state index contributed by atoms with van der Waals surface area (Å²) in [4.78, 5) is 0. The third-order valence-electron chi connectivity index (χ3n) is 3.82. The molecule has 0 radical (unpaired) electrons. The molecule has 4 rings (SSSR count). The fraction of sp³-hybridized carbons (Fsp3) is 0.0500. The van der Waals surface area contributed by atoms with Gasteiger partial charge in [-0.15, -0.1) is 0 Å². The Morgan fingerprint density at radius 3 is 2.38 bits per heavy atom. The fourth-order valence-electron chi connectivity index (χ4n) is 2.68. The molecule has 0 amide bonds. The standard InChI is InChI=1S/C20H14O3S/c1-21-14-11-17(22-13-7-3-2-4-8-13)19-18(12-14)23-16-10-6-5-9-15(16)20(19)24/h2-12H,1H3. The largest absolute Gasteiger partial charge is 0.496 e. The van der Waals surface area contributed by atoms with Crippen molar-refractivity contribution in [3.05, 3.63) is 71.2 Å². The third kappa shape index (κ3) is 2.51. The molecule has 4 aromatic rings. The summed E-state index contributed by atoms with van der Waals surface area (Å²) in [5.41, 5.74) is 1.39. The van der Waals surface area contributed by atoms with Crippen molar-refractivity contribution in [3.8, 4) is 17.2 Å². The van der Waals surface area contributed by atoms with Crippen LogP contribution in [-0.4, -0.2) is 7.11 Å². The van der Waals surface area contributed by atoms with Crippen LogP contribution in [0.15, 0.2) is 71.1 Å². The first kappa shape index (κ1) is 14.7. The average Bonchev–Trinajstić information content (AvgIpc) is 2.62. The van der Waals surface area contributed by atoms with Gasteiger partial charge in [-0.05, 0) is 24.3 Å². The van der Waals surface area contributed by atoms with Crippen LogP contribution in [0.4, 0.5) is 0 Å². The van der Waals surface area contributed by atoms with Crippen LogP contribution in [-0.2, 0) is 0 Å². The lowest BCUT2D eigenvalue weighted by Gasteiger charge is -2.12. The predicted octanol–water partition coefficient (Wildman–Crippen LogP) is 6.12. The normalized spacial score (nSPS) is 10.9. The first-order valence-electron chi connectivity index (χ1n) is 7.53. The molecule has 0 saturated carbocycles. The zero-order chi connectivity index (χ0) is 16.5. The summed E-state index contributed by atoms with van der Waals surface area (Å²) in [6, 6.07) is 21.0. The Labute approximate surface area is 144 Å². The van der Waals surface area contributed by atoms with Crippen LogP contribution in [0.2, 0.25) is 0 Å². The van der Waals surface area contributed by atoms with Crippen LogP contribution in [0.1, 0.15) is 0 Å². The van der Waals surface area contributed by atoms with E-state index in [1.54, 1.807) is 7.11 Å². The quantitative estimate of drug-likeness (QED) is 0.334. The van der Waals surface area contributed by atoms with Crippen LogP contribution in [0.25, 0.3) is 21.9 Å². The van der Waals surface area contributed by atoms with Gasteiger partial charge in [-0.1, -0.05) is 42.5 Å². The SMILES string of the molecule is COc1cc(Oc2ccccc2)c2c(=S)c3ccccc3oc2c1. The number of methoxy groups -OCH3 is 1. The van der Waals surface area contributed by atoms with Crippen molar-refractivity contribution in [2.45, 2.75) is 0 Å². The summed E-state index contributed by atoms with van der Waals surface area (Å²) in [5.74, 6) is 2.01. The second-order valence-electron chi connectivity index (χ2n) is 5.34. The molecule has 118 valence electrons. The van der Waals surface area contributed by atoms with Gasteiger partial charge < -0.3 is 13.9 Å². The van der Waals surface area contributed by atoms with Crippen LogP contribution in [0.5, 0.6) is 17.2 Å². The number of fused-ring (bicyclic) bond motifs is 2. The highest BCUT2D eigenvalue weighted by Crippen LogP contribution is 2.37. The van der Waals surface area contributed by atoms with E-state index >= 15 is 0 Å². The van der Waals surface area contributed by atoms with Crippen molar-refractivity contribution >= 4 is 34.2 Å². The van der Waals surface area contributed by atoms with Gasteiger partial charge in [-0.2, -0.15) is 0 Å². The highest BCUT2D eigenvalue weighted by molar-refractivity contribution is 7.72. The molecule has 0 saturated heterocycles. The minimum absolute atomic E-state index is 0.620. The lowest BCUT2D eigenvalue weighted by molar-refractivity contribution is 0.409. The highest BCUT2D eigenvalue weighted by Gasteiger charge is 2.13. The molecule has 0 spiro atoms. The lowest BCUT2D eigenvalue weighted by Crippen LogP contribution is -1.90. The maximum atomic E-state index is 6.06. The van der Waals surface area contributed by atoms with E-state index in [2.05, 4.69) is 0 Å². The Hall–Kier alpha value is -2.85. The van der Waals surface area contributed by atoms with E-state index in [9.17, 15) is 0 Å². The maximum Gasteiger partial charge on any atom is 0.143 e. The van der Waals surface area contributed by atoms with Gasteiger partial charge in [-0.3, -0.25) is 0 Å². The van der Waals surface area contributed by atoms with Gasteiger partial charge in [0.05, 0.1) is 17.0 Å². The number of para-hydroxylation sites is 2. The van der Waals surface area contributed by atoms with Crippen LogP contribution in [0, 0.1) is 4.51 Å². The number of rotatable bonds is 3. The van der Waals surface area contributed by atoms with Gasteiger partial charge in [0.1, 0.15) is 28.4 Å². The van der Waals surface area contributed by atoms with Crippen molar-refractivity contribution < 1.29 is 13.9 Å². The van der Waals surface area contributed by atoms with Crippen LogP contribution in [0.3, 0.4) is 0 Å². The Morgan fingerprint density at radius 2 is 1.58 bits per heavy atom. The van der Waals surface area contributed by atoms with Gasteiger partial charge >= 0.3 is 0 Å². The highest BCUT2D eigenvalue weighted by atomic mass is 32.1. The topological polar surface area (TPSA) is 31.6 Å². The molecule has 0 aliphatic heterocycles. The van der Waals surface area contributed by atoms with E-state index in [1.165, 1.54) is 0 Å². The maximum absolute atomic E-state index is 6.06.